The van der Waals surface area contributed by atoms with Gasteiger partial charge in [0.25, 0.3) is 0 Å². The molecule has 3 rings (SSSR count). The lowest BCUT2D eigenvalue weighted by Crippen LogP contribution is -2.40. The fourth-order valence-corrected chi connectivity index (χ4v) is 5.15. The van der Waals surface area contributed by atoms with Crippen molar-refractivity contribution in [2.45, 2.75) is 31.4 Å². The quantitative estimate of drug-likeness (QED) is 0.405. The molecule has 3 aromatic rings. The lowest BCUT2D eigenvalue weighted by molar-refractivity contribution is 0.0928. The van der Waals surface area contributed by atoms with Gasteiger partial charge in [0, 0.05) is 20.2 Å². The van der Waals surface area contributed by atoms with E-state index in [1.807, 2.05) is 24.3 Å². The Labute approximate surface area is 199 Å². The summed E-state index contributed by atoms with van der Waals surface area (Å²) in [6.07, 6.45) is 0.986. The fourth-order valence-electron chi connectivity index (χ4n) is 3.47. The third-order valence-corrected chi connectivity index (χ3v) is 7.61. The summed E-state index contributed by atoms with van der Waals surface area (Å²) in [6, 6.07) is 14.4. The smallest absolute Gasteiger partial charge is 0.220 e. The zero-order valence-corrected chi connectivity index (χ0v) is 20.3. The van der Waals surface area contributed by atoms with E-state index in [0.29, 0.717) is 11.5 Å². The minimum Gasteiger partial charge on any atom is -0.497 e. The molecule has 34 heavy (non-hydrogen) atoms. The van der Waals surface area contributed by atoms with Gasteiger partial charge in [0.1, 0.15) is 22.9 Å². The van der Waals surface area contributed by atoms with Crippen LogP contribution >= 0.6 is 0 Å². The Morgan fingerprint density at radius 1 is 0.853 bits per heavy atom. The Kier molecular flexibility index (Phi) is 8.54. The zero-order valence-electron chi connectivity index (χ0n) is 19.5. The highest BCUT2D eigenvalue weighted by Gasteiger charge is 2.37. The maximum atomic E-state index is 13.8. The molecule has 0 spiro atoms. The van der Waals surface area contributed by atoms with Crippen molar-refractivity contribution in [2.24, 2.45) is 0 Å². The van der Waals surface area contributed by atoms with Gasteiger partial charge in [-0.05, 0) is 42.3 Å². The van der Waals surface area contributed by atoms with Crippen molar-refractivity contribution >= 4 is 10.0 Å². The van der Waals surface area contributed by atoms with Crippen LogP contribution in [0.4, 0.5) is 4.39 Å². The van der Waals surface area contributed by atoms with E-state index in [1.54, 1.807) is 38.5 Å². The molecule has 2 atom stereocenters. The molecule has 0 radical (unpaired) electrons. The summed E-state index contributed by atoms with van der Waals surface area (Å²) in [5.41, 5.74) is 1.58. The van der Waals surface area contributed by atoms with Crippen molar-refractivity contribution in [2.75, 3.05) is 21.3 Å². The number of hydrogen-bond donors (Lipinski definition) is 0. The van der Waals surface area contributed by atoms with Crippen LogP contribution in [0.5, 0.6) is 11.5 Å². The highest BCUT2D eigenvalue weighted by molar-refractivity contribution is 7.89. The monoisotopic (exact) mass is 489 g/mol. The number of ether oxygens (including phenoxy) is 3. The van der Waals surface area contributed by atoms with E-state index in [9.17, 15) is 12.8 Å². The number of aromatic nitrogens is 2. The van der Waals surface area contributed by atoms with Crippen molar-refractivity contribution in [3.05, 3.63) is 83.7 Å². The van der Waals surface area contributed by atoms with E-state index in [4.69, 9.17) is 14.2 Å². The highest BCUT2D eigenvalue weighted by Crippen LogP contribution is 2.28. The first-order valence-electron chi connectivity index (χ1n) is 10.5. The summed E-state index contributed by atoms with van der Waals surface area (Å²) in [7, 11) is 0.587. The molecule has 0 bridgehead atoms. The standard InChI is InChI=1S/C24H28FN3O5S/c1-17(23(33-4)24-26-13-20(25)14-27-24)34(29,30)28(15-18-5-9-21(31-2)10-6-18)16-19-7-11-22(32-3)12-8-19/h5-14,17,23H,15-16H2,1-4H3. The van der Waals surface area contributed by atoms with Crippen LogP contribution in [0.1, 0.15) is 30.0 Å². The third-order valence-electron chi connectivity index (χ3n) is 5.44. The molecule has 0 aliphatic rings. The topological polar surface area (TPSA) is 90.9 Å². The molecule has 0 N–H and O–H groups in total. The van der Waals surface area contributed by atoms with E-state index in [1.165, 1.54) is 18.3 Å². The largest absolute Gasteiger partial charge is 0.497 e. The van der Waals surface area contributed by atoms with Gasteiger partial charge < -0.3 is 14.2 Å². The summed E-state index contributed by atoms with van der Waals surface area (Å²) in [4.78, 5) is 7.86. The second kappa shape index (κ2) is 11.4. The Balaban J connectivity index is 1.94. The average molecular weight is 490 g/mol. The number of nitrogens with zero attached hydrogens (tertiary/aromatic N) is 3. The molecular weight excluding hydrogens is 461 g/mol. The first-order valence-corrected chi connectivity index (χ1v) is 12.0. The zero-order chi connectivity index (χ0) is 24.7. The molecule has 182 valence electrons. The molecule has 8 nitrogen and oxygen atoms in total. The Hall–Kier alpha value is -3.08. The third kappa shape index (κ3) is 6.07. The predicted molar refractivity (Wildman–Crippen MR) is 125 cm³/mol. The Bertz CT molecular complexity index is 1110. The normalized spacial score (nSPS) is 13.5. The van der Waals surface area contributed by atoms with Gasteiger partial charge in [-0.25, -0.2) is 22.8 Å². The van der Waals surface area contributed by atoms with Crippen molar-refractivity contribution < 1.29 is 27.0 Å². The van der Waals surface area contributed by atoms with Crippen LogP contribution in [0.3, 0.4) is 0 Å². The lowest BCUT2D eigenvalue weighted by atomic mass is 10.2. The van der Waals surface area contributed by atoms with Gasteiger partial charge in [-0.1, -0.05) is 24.3 Å². The van der Waals surface area contributed by atoms with Crippen molar-refractivity contribution in [1.29, 1.82) is 0 Å². The number of hydrogen-bond acceptors (Lipinski definition) is 7. The maximum Gasteiger partial charge on any atom is 0.220 e. The molecule has 0 amide bonds. The SMILES string of the molecule is COc1ccc(CN(Cc2ccc(OC)cc2)S(=O)(=O)C(C)C(OC)c2ncc(F)cn2)cc1. The molecule has 10 heteroatoms. The summed E-state index contributed by atoms with van der Waals surface area (Å²) in [6.45, 7) is 1.79. The number of methoxy groups -OCH3 is 3. The lowest BCUT2D eigenvalue weighted by Gasteiger charge is -2.29. The summed E-state index contributed by atoms with van der Waals surface area (Å²) in [5, 5.41) is -1.04. The summed E-state index contributed by atoms with van der Waals surface area (Å²) < 4.78 is 58.1. The van der Waals surface area contributed by atoms with E-state index >= 15 is 0 Å². The van der Waals surface area contributed by atoms with Crippen molar-refractivity contribution in [3.8, 4) is 11.5 Å². The number of sulfonamides is 1. The van der Waals surface area contributed by atoms with Crippen LogP contribution in [0.2, 0.25) is 0 Å². The molecule has 2 aromatic carbocycles. The number of rotatable bonds is 11. The van der Waals surface area contributed by atoms with Crippen LogP contribution in [-0.2, 0) is 27.8 Å². The summed E-state index contributed by atoms with van der Waals surface area (Å²) in [5.74, 6) is 0.827. The number of halogens is 1. The van der Waals surface area contributed by atoms with Gasteiger partial charge in [-0.3, -0.25) is 0 Å². The first kappa shape index (κ1) is 25.5. The van der Waals surface area contributed by atoms with Gasteiger partial charge in [-0.15, -0.1) is 0 Å². The van der Waals surface area contributed by atoms with Gasteiger partial charge in [0.05, 0.1) is 26.6 Å². The predicted octanol–water partition coefficient (Wildman–Crippen LogP) is 3.74. The van der Waals surface area contributed by atoms with E-state index in [2.05, 4.69) is 9.97 Å². The molecule has 1 aromatic heterocycles. The summed E-state index contributed by atoms with van der Waals surface area (Å²) >= 11 is 0. The molecule has 0 aliphatic carbocycles. The van der Waals surface area contributed by atoms with E-state index < -0.39 is 27.2 Å². The molecule has 1 heterocycles. The molecule has 0 saturated carbocycles. The minimum absolute atomic E-state index is 0.0915. The van der Waals surface area contributed by atoms with E-state index in [-0.39, 0.29) is 18.9 Å². The van der Waals surface area contributed by atoms with Crippen LogP contribution in [0.15, 0.2) is 60.9 Å². The fraction of sp³-hybridized carbons (Fsp3) is 0.333. The van der Waals surface area contributed by atoms with Crippen molar-refractivity contribution in [3.63, 3.8) is 0 Å². The van der Waals surface area contributed by atoms with Gasteiger partial charge in [0.15, 0.2) is 11.6 Å². The molecule has 0 saturated heterocycles. The van der Waals surface area contributed by atoms with Gasteiger partial charge >= 0.3 is 0 Å². The Morgan fingerprint density at radius 2 is 1.29 bits per heavy atom. The Morgan fingerprint density at radius 3 is 1.68 bits per heavy atom. The molecule has 0 aliphatic heterocycles. The minimum atomic E-state index is -3.93. The maximum absolute atomic E-state index is 13.8. The number of benzene rings is 2. The van der Waals surface area contributed by atoms with Gasteiger partial charge in [-0.2, -0.15) is 4.31 Å². The second-order valence-electron chi connectivity index (χ2n) is 7.63. The van der Waals surface area contributed by atoms with Crippen LogP contribution in [0, 0.1) is 5.82 Å². The van der Waals surface area contributed by atoms with Crippen LogP contribution in [0.25, 0.3) is 0 Å². The first-order chi connectivity index (χ1) is 16.3. The second-order valence-corrected chi connectivity index (χ2v) is 9.92. The molecule has 2 unspecified atom stereocenters. The van der Waals surface area contributed by atoms with Crippen LogP contribution < -0.4 is 9.47 Å². The van der Waals surface area contributed by atoms with E-state index in [0.717, 1.165) is 23.5 Å². The van der Waals surface area contributed by atoms with Crippen LogP contribution in [-0.4, -0.2) is 49.3 Å². The average Bonchev–Trinajstić information content (AvgIpc) is 2.86. The van der Waals surface area contributed by atoms with Crippen molar-refractivity contribution in [1.82, 2.24) is 14.3 Å². The highest BCUT2D eigenvalue weighted by atomic mass is 32.2. The van der Waals surface area contributed by atoms with Gasteiger partial charge in [0.2, 0.25) is 10.0 Å². The molecular formula is C24H28FN3O5S. The molecule has 0 fully saturated rings.